The monoisotopic (exact) mass is 375 g/mol. The summed E-state index contributed by atoms with van der Waals surface area (Å²) >= 11 is 6.06. The predicted octanol–water partition coefficient (Wildman–Crippen LogP) is 4.46. The molecule has 0 amide bonds. The number of carbonyl (C=O) groups is 1. The second kappa shape index (κ2) is 7.21. The maximum Gasteiger partial charge on any atom is 0.342 e. The smallest absolute Gasteiger partial charge is 0.342 e. The van der Waals surface area contributed by atoms with Gasteiger partial charge in [-0.05, 0) is 56.7 Å². The van der Waals surface area contributed by atoms with Crippen molar-refractivity contribution in [2.24, 2.45) is 0 Å². The van der Waals surface area contributed by atoms with Crippen LogP contribution in [0.1, 0.15) is 40.5 Å². The zero-order valence-corrected chi connectivity index (χ0v) is 15.0. The second-order valence-corrected chi connectivity index (χ2v) is 6.10. The molecule has 0 aliphatic rings. The largest absolute Gasteiger partial charge is 0.449 e. The molecule has 0 N–H and O–H groups in total. The Morgan fingerprint density at radius 3 is 2.58 bits per heavy atom. The van der Waals surface area contributed by atoms with E-state index in [1.165, 1.54) is 24.3 Å². The molecule has 0 aliphatic carbocycles. The van der Waals surface area contributed by atoms with E-state index in [-0.39, 0.29) is 28.3 Å². The zero-order valence-electron chi connectivity index (χ0n) is 14.3. The number of aryl methyl sites for hydroxylation is 2. The first-order valence-corrected chi connectivity index (χ1v) is 8.17. The third-order valence-corrected chi connectivity index (χ3v) is 3.94. The van der Waals surface area contributed by atoms with E-state index in [0.29, 0.717) is 16.8 Å². The van der Waals surface area contributed by atoms with Crippen molar-refractivity contribution in [2.75, 3.05) is 0 Å². The minimum Gasteiger partial charge on any atom is -0.449 e. The summed E-state index contributed by atoms with van der Waals surface area (Å²) < 4.78 is 23.9. The first kappa shape index (κ1) is 18.0. The highest BCUT2D eigenvalue weighted by molar-refractivity contribution is 6.32. The van der Waals surface area contributed by atoms with Crippen molar-refractivity contribution in [3.63, 3.8) is 0 Å². The number of rotatable bonds is 4. The molecule has 3 aromatic rings. The second-order valence-electron chi connectivity index (χ2n) is 5.75. The maximum atomic E-state index is 13.0. The Hall–Kier alpha value is -2.80. The van der Waals surface area contributed by atoms with E-state index in [1.54, 1.807) is 26.8 Å². The highest BCUT2D eigenvalue weighted by Gasteiger charge is 2.23. The minimum absolute atomic E-state index is 0.0808. The Bertz CT molecular complexity index is 934. The van der Waals surface area contributed by atoms with E-state index < -0.39 is 12.1 Å². The molecule has 2 heterocycles. The quantitative estimate of drug-likeness (QED) is 0.495. The molecule has 1 aromatic carbocycles. The van der Waals surface area contributed by atoms with Crippen molar-refractivity contribution in [1.82, 2.24) is 15.2 Å². The van der Waals surface area contributed by atoms with Gasteiger partial charge in [0, 0.05) is 11.3 Å². The molecule has 0 bridgehead atoms. The first-order valence-electron chi connectivity index (χ1n) is 7.79. The van der Waals surface area contributed by atoms with Gasteiger partial charge in [0.2, 0.25) is 5.89 Å². The number of carbonyl (C=O) groups excluding carboxylic acids is 1. The third kappa shape index (κ3) is 3.72. The number of halogens is 2. The van der Waals surface area contributed by atoms with Gasteiger partial charge in [0.15, 0.2) is 6.10 Å². The van der Waals surface area contributed by atoms with Crippen LogP contribution in [0.2, 0.25) is 5.15 Å². The average molecular weight is 376 g/mol. The summed E-state index contributed by atoms with van der Waals surface area (Å²) in [7, 11) is 0. The van der Waals surface area contributed by atoms with Gasteiger partial charge in [-0.2, -0.15) is 0 Å². The molecule has 6 nitrogen and oxygen atoms in total. The molecule has 26 heavy (non-hydrogen) atoms. The summed E-state index contributed by atoms with van der Waals surface area (Å²) in [6.45, 7) is 5.14. The van der Waals surface area contributed by atoms with Crippen molar-refractivity contribution >= 4 is 17.6 Å². The molecule has 3 rings (SSSR count). The summed E-state index contributed by atoms with van der Waals surface area (Å²) in [6, 6.07) is 7.36. The van der Waals surface area contributed by atoms with Crippen molar-refractivity contribution < 1.29 is 18.3 Å². The lowest BCUT2D eigenvalue weighted by atomic mass is 10.1. The van der Waals surface area contributed by atoms with Gasteiger partial charge in [0.25, 0.3) is 5.89 Å². The van der Waals surface area contributed by atoms with Crippen LogP contribution in [0.25, 0.3) is 11.5 Å². The van der Waals surface area contributed by atoms with Crippen molar-refractivity contribution in [2.45, 2.75) is 26.9 Å². The topological polar surface area (TPSA) is 78.1 Å². The third-order valence-electron chi connectivity index (χ3n) is 3.67. The molecular formula is C18H15ClFN3O3. The van der Waals surface area contributed by atoms with Crippen LogP contribution in [-0.4, -0.2) is 21.2 Å². The summed E-state index contributed by atoms with van der Waals surface area (Å²) in [5, 5.41) is 7.86. The van der Waals surface area contributed by atoms with Crippen molar-refractivity contribution in [3.05, 3.63) is 64.0 Å². The SMILES string of the molecule is Cc1cc(C)c(C(=O)O[C@@H](C)c2nnc(-c3ccc(F)cc3)o2)c(Cl)n1. The molecule has 0 unspecified atom stereocenters. The number of esters is 1. The Kier molecular flexibility index (Phi) is 4.99. The van der Waals surface area contributed by atoms with Gasteiger partial charge in [-0.25, -0.2) is 14.2 Å². The minimum atomic E-state index is -0.791. The van der Waals surface area contributed by atoms with Crippen LogP contribution in [0.5, 0.6) is 0 Å². The van der Waals surface area contributed by atoms with E-state index >= 15 is 0 Å². The number of ether oxygens (including phenoxy) is 1. The zero-order chi connectivity index (χ0) is 18.8. The van der Waals surface area contributed by atoms with E-state index in [1.807, 2.05) is 0 Å². The standard InChI is InChI=1S/C18H15ClFN3O3/c1-9-8-10(2)21-15(19)14(9)18(24)25-11(3)16-22-23-17(26-16)12-4-6-13(20)7-5-12/h4-8,11H,1-3H3/t11-/m0/s1. The lowest BCUT2D eigenvalue weighted by molar-refractivity contribution is 0.0278. The van der Waals surface area contributed by atoms with E-state index in [0.717, 1.165) is 0 Å². The van der Waals surface area contributed by atoms with Crippen molar-refractivity contribution in [1.29, 1.82) is 0 Å². The average Bonchev–Trinajstić information content (AvgIpc) is 3.04. The molecule has 134 valence electrons. The van der Waals surface area contributed by atoms with Crippen LogP contribution in [0.15, 0.2) is 34.7 Å². The molecule has 1 atom stereocenters. The van der Waals surface area contributed by atoms with Crippen LogP contribution < -0.4 is 0 Å². The van der Waals surface area contributed by atoms with E-state index in [9.17, 15) is 9.18 Å². The molecule has 8 heteroatoms. The Labute approximate surface area is 154 Å². The first-order chi connectivity index (χ1) is 12.3. The fourth-order valence-corrected chi connectivity index (χ4v) is 2.77. The number of aromatic nitrogens is 3. The van der Waals surface area contributed by atoms with Gasteiger partial charge in [-0.15, -0.1) is 10.2 Å². The lowest BCUT2D eigenvalue weighted by Gasteiger charge is -2.12. The summed E-state index contributed by atoms with van der Waals surface area (Å²) in [4.78, 5) is 16.5. The van der Waals surface area contributed by atoms with Crippen LogP contribution in [0.4, 0.5) is 4.39 Å². The Balaban J connectivity index is 1.77. The number of nitrogens with zero attached hydrogens (tertiary/aromatic N) is 3. The maximum absolute atomic E-state index is 13.0. The predicted molar refractivity (Wildman–Crippen MR) is 92.2 cm³/mol. The van der Waals surface area contributed by atoms with Gasteiger partial charge in [0.1, 0.15) is 11.0 Å². The number of hydrogen-bond donors (Lipinski definition) is 0. The number of pyridine rings is 1. The molecule has 0 saturated carbocycles. The summed E-state index contributed by atoms with van der Waals surface area (Å²) in [6.07, 6.45) is -0.791. The van der Waals surface area contributed by atoms with Crippen LogP contribution in [-0.2, 0) is 4.74 Å². The van der Waals surface area contributed by atoms with Crippen molar-refractivity contribution in [3.8, 4) is 11.5 Å². The van der Waals surface area contributed by atoms with Gasteiger partial charge < -0.3 is 9.15 Å². The molecule has 0 fully saturated rings. The molecular weight excluding hydrogens is 361 g/mol. The van der Waals surface area contributed by atoms with E-state index in [4.69, 9.17) is 20.8 Å². The fourth-order valence-electron chi connectivity index (χ4n) is 2.41. The van der Waals surface area contributed by atoms with Gasteiger partial charge in [-0.3, -0.25) is 0 Å². The highest BCUT2D eigenvalue weighted by Crippen LogP contribution is 2.25. The molecule has 0 saturated heterocycles. The summed E-state index contributed by atoms with van der Waals surface area (Å²) in [5.41, 5.74) is 2.13. The molecule has 0 spiro atoms. The van der Waals surface area contributed by atoms with Gasteiger partial charge in [0.05, 0.1) is 5.56 Å². The molecule has 2 aromatic heterocycles. The fraction of sp³-hybridized carbons (Fsp3) is 0.222. The highest BCUT2D eigenvalue weighted by atomic mass is 35.5. The van der Waals surface area contributed by atoms with E-state index in [2.05, 4.69) is 15.2 Å². The number of benzene rings is 1. The Morgan fingerprint density at radius 2 is 1.92 bits per heavy atom. The molecule has 0 radical (unpaired) electrons. The lowest BCUT2D eigenvalue weighted by Crippen LogP contribution is -2.12. The van der Waals surface area contributed by atoms with Gasteiger partial charge >= 0.3 is 5.97 Å². The van der Waals surface area contributed by atoms with Crippen LogP contribution in [0, 0.1) is 19.7 Å². The normalized spacial score (nSPS) is 12.0. The van der Waals surface area contributed by atoms with Crippen LogP contribution in [0.3, 0.4) is 0 Å². The summed E-state index contributed by atoms with van der Waals surface area (Å²) in [5.74, 6) is -0.676. The van der Waals surface area contributed by atoms with Gasteiger partial charge in [-0.1, -0.05) is 11.6 Å². The number of hydrogen-bond acceptors (Lipinski definition) is 6. The molecule has 0 aliphatic heterocycles. The Morgan fingerprint density at radius 1 is 1.23 bits per heavy atom. The van der Waals surface area contributed by atoms with Crippen LogP contribution >= 0.6 is 11.6 Å².